The average molecular weight is 766 g/mol. The number of nitrogens with one attached hydrogen (secondary N) is 2. The van der Waals surface area contributed by atoms with Gasteiger partial charge >= 0.3 is 0 Å². The van der Waals surface area contributed by atoms with Crippen molar-refractivity contribution in [1.82, 2.24) is 34.5 Å². The zero-order valence-electron chi connectivity index (χ0n) is 31.8. The van der Waals surface area contributed by atoms with Crippen molar-refractivity contribution in [3.8, 4) is 17.1 Å². The molecule has 0 unspecified atom stereocenters. The van der Waals surface area contributed by atoms with Crippen LogP contribution in [0.1, 0.15) is 65.7 Å². The second-order valence-electron chi connectivity index (χ2n) is 15.2. The lowest BCUT2D eigenvalue weighted by Crippen LogP contribution is -2.47. The van der Waals surface area contributed by atoms with Crippen molar-refractivity contribution in [2.24, 2.45) is 13.0 Å². The fourth-order valence-corrected chi connectivity index (χ4v) is 8.08. The normalized spacial score (nSPS) is 19.7. The van der Waals surface area contributed by atoms with Crippen LogP contribution in [0, 0.1) is 24.5 Å². The highest BCUT2D eigenvalue weighted by molar-refractivity contribution is 6.05. The predicted molar refractivity (Wildman–Crippen MR) is 207 cm³/mol. The Balaban J connectivity index is 0.967. The Morgan fingerprint density at radius 1 is 0.946 bits per heavy atom. The van der Waals surface area contributed by atoms with E-state index in [2.05, 4.69) is 49.2 Å². The number of hydrogen-bond acceptors (Lipinski definition) is 9. The number of ether oxygens (including phenoxy) is 1. The molecule has 15 heteroatoms. The highest BCUT2D eigenvalue weighted by atomic mass is 19.1. The number of imidazole rings is 1. The van der Waals surface area contributed by atoms with Gasteiger partial charge < -0.3 is 14.2 Å². The molecule has 292 valence electrons. The summed E-state index contributed by atoms with van der Waals surface area (Å²) in [7, 11) is 1.83. The summed E-state index contributed by atoms with van der Waals surface area (Å²) in [5.41, 5.74) is 5.53. The molecule has 2 N–H and O–H groups in total. The smallest absolute Gasteiger partial charge is 0.258 e. The second kappa shape index (κ2) is 15.4. The third-order valence-electron chi connectivity index (χ3n) is 11.1. The van der Waals surface area contributed by atoms with Crippen LogP contribution in [0.4, 0.5) is 20.4 Å². The quantitative estimate of drug-likeness (QED) is 0.227. The molecule has 13 nitrogen and oxygen atoms in total. The van der Waals surface area contributed by atoms with E-state index in [1.807, 2.05) is 20.0 Å². The lowest BCUT2D eigenvalue weighted by Gasteiger charge is -2.36. The van der Waals surface area contributed by atoms with Crippen LogP contribution < -0.4 is 20.3 Å². The third-order valence-corrected chi connectivity index (χ3v) is 11.1. The number of amides is 3. The summed E-state index contributed by atoms with van der Waals surface area (Å²) in [4.78, 5) is 51.8. The summed E-state index contributed by atoms with van der Waals surface area (Å²) < 4.78 is 40.2. The molecule has 2 bridgehead atoms. The molecule has 0 radical (unpaired) electrons. The molecular weight excluding hydrogens is 721 g/mol. The molecular formula is C41H45F2N9O4. The number of pyridine rings is 1. The number of fused-ring (bicyclic) bond motifs is 7. The molecule has 2 saturated heterocycles. The van der Waals surface area contributed by atoms with Crippen molar-refractivity contribution in [3.05, 3.63) is 82.7 Å². The summed E-state index contributed by atoms with van der Waals surface area (Å²) in [5.74, 6) is -2.53. The number of piperazine rings is 1. The third kappa shape index (κ3) is 7.59. The van der Waals surface area contributed by atoms with E-state index in [1.165, 1.54) is 12.1 Å². The van der Waals surface area contributed by atoms with Gasteiger partial charge in [-0.1, -0.05) is 6.92 Å². The predicted octanol–water partition coefficient (Wildman–Crippen LogP) is 5.36. The molecule has 3 aromatic heterocycles. The van der Waals surface area contributed by atoms with Crippen molar-refractivity contribution >= 4 is 40.4 Å². The van der Waals surface area contributed by atoms with Gasteiger partial charge in [-0.25, -0.2) is 18.4 Å². The number of nitrogens with zero attached hydrogens (tertiary/aromatic N) is 7. The van der Waals surface area contributed by atoms with Crippen molar-refractivity contribution in [2.45, 2.75) is 58.4 Å². The van der Waals surface area contributed by atoms with Gasteiger partial charge in [0.15, 0.2) is 0 Å². The van der Waals surface area contributed by atoms with Gasteiger partial charge in [0.2, 0.25) is 23.6 Å². The standard InChI is InChI=1S/C41H45F2N9O4/c1-24-5-4-16-56-40-30(22-44-49(40)3)34-20-27(17-25(2)45-34)38(54)48-41-46-33-8-6-28(21-35(33)52(41)23-24)51-14-12-50(13-15-51)11-10-26-18-31(42)37(32(43)19-26)29-7-9-36(53)47-39(29)55/h6,8,17-22,24,29H,4-5,7,9-16,23H2,1-3H3,(H,46,48,54)(H,47,53,55)/t24-,29-/m1/s1. The molecule has 3 aliphatic rings. The summed E-state index contributed by atoms with van der Waals surface area (Å²) in [5, 5.41) is 9.68. The lowest BCUT2D eigenvalue weighted by molar-refractivity contribution is -0.134. The first kappa shape index (κ1) is 37.2. The van der Waals surface area contributed by atoms with Gasteiger partial charge in [-0.05, 0) is 86.6 Å². The summed E-state index contributed by atoms with van der Waals surface area (Å²) >= 11 is 0. The fourth-order valence-electron chi connectivity index (χ4n) is 8.08. The summed E-state index contributed by atoms with van der Waals surface area (Å²) in [6.07, 6.45) is 4.05. The van der Waals surface area contributed by atoms with Gasteiger partial charge in [-0.15, -0.1) is 0 Å². The van der Waals surface area contributed by atoms with Crippen molar-refractivity contribution in [3.63, 3.8) is 0 Å². The van der Waals surface area contributed by atoms with Gasteiger partial charge in [-0.3, -0.25) is 34.9 Å². The zero-order chi connectivity index (χ0) is 39.1. The number of aromatic nitrogens is 5. The van der Waals surface area contributed by atoms with Crippen molar-refractivity contribution in [2.75, 3.05) is 49.5 Å². The number of carbonyl (C=O) groups excluding carboxylic acids is 3. The van der Waals surface area contributed by atoms with Gasteiger partial charge in [0.1, 0.15) is 11.6 Å². The molecule has 0 saturated carbocycles. The van der Waals surface area contributed by atoms with Crippen LogP contribution in [0.25, 0.3) is 22.3 Å². The molecule has 56 heavy (non-hydrogen) atoms. The lowest BCUT2D eigenvalue weighted by atomic mass is 9.89. The second-order valence-corrected chi connectivity index (χ2v) is 15.2. The van der Waals surface area contributed by atoms with E-state index in [4.69, 9.17) is 14.7 Å². The highest BCUT2D eigenvalue weighted by Gasteiger charge is 2.33. The molecule has 0 spiro atoms. The minimum atomic E-state index is -1.01. The van der Waals surface area contributed by atoms with E-state index in [0.717, 1.165) is 61.3 Å². The first-order valence-corrected chi connectivity index (χ1v) is 19.2. The van der Waals surface area contributed by atoms with Gasteiger partial charge in [0, 0.05) is 75.2 Å². The topological polar surface area (TPSA) is 140 Å². The minimum absolute atomic E-state index is 0.0530. The number of anilines is 2. The van der Waals surface area contributed by atoms with Crippen LogP contribution >= 0.6 is 0 Å². The van der Waals surface area contributed by atoms with Crippen LogP contribution in [-0.2, 0) is 29.6 Å². The first-order valence-electron chi connectivity index (χ1n) is 19.2. The molecule has 3 aliphatic heterocycles. The Morgan fingerprint density at radius 3 is 2.50 bits per heavy atom. The Kier molecular flexibility index (Phi) is 10.3. The van der Waals surface area contributed by atoms with E-state index < -0.39 is 29.4 Å². The Morgan fingerprint density at radius 2 is 1.73 bits per heavy atom. The number of rotatable bonds is 5. The summed E-state index contributed by atoms with van der Waals surface area (Å²) in [6, 6.07) is 12.3. The maximum absolute atomic E-state index is 15.1. The highest BCUT2D eigenvalue weighted by Crippen LogP contribution is 2.33. The monoisotopic (exact) mass is 765 g/mol. The molecule has 0 aliphatic carbocycles. The van der Waals surface area contributed by atoms with Gasteiger partial charge in [-0.2, -0.15) is 5.10 Å². The number of aryl methyl sites for hydroxylation is 2. The Hall–Kier alpha value is -5.70. The van der Waals surface area contributed by atoms with E-state index in [1.54, 1.807) is 23.0 Å². The number of hydrogen-bond donors (Lipinski definition) is 2. The van der Waals surface area contributed by atoms with Crippen LogP contribution in [-0.4, -0.2) is 86.3 Å². The number of piperidine rings is 1. The van der Waals surface area contributed by atoms with Crippen LogP contribution in [0.3, 0.4) is 0 Å². The van der Waals surface area contributed by atoms with E-state index >= 15 is 8.78 Å². The average Bonchev–Trinajstić information content (AvgIpc) is 3.70. The van der Waals surface area contributed by atoms with E-state index in [0.29, 0.717) is 60.5 Å². The summed E-state index contributed by atoms with van der Waals surface area (Å²) in [6.45, 7) is 8.91. The van der Waals surface area contributed by atoms with Crippen molar-refractivity contribution < 1.29 is 27.9 Å². The fraction of sp³-hybridized carbons (Fsp3) is 0.415. The zero-order valence-corrected chi connectivity index (χ0v) is 31.8. The van der Waals surface area contributed by atoms with Gasteiger partial charge in [0.05, 0.1) is 41.0 Å². The minimum Gasteiger partial charge on any atom is -0.477 e. The Labute approximate surface area is 323 Å². The van der Waals surface area contributed by atoms with E-state index in [-0.39, 0.29) is 30.2 Å². The van der Waals surface area contributed by atoms with Gasteiger partial charge in [0.25, 0.3) is 5.91 Å². The maximum atomic E-state index is 15.1. The van der Waals surface area contributed by atoms with Crippen LogP contribution in [0.2, 0.25) is 0 Å². The number of imide groups is 1. The first-order chi connectivity index (χ1) is 27.0. The van der Waals surface area contributed by atoms with E-state index in [9.17, 15) is 14.4 Å². The Bertz CT molecular complexity index is 2310. The maximum Gasteiger partial charge on any atom is 0.258 e. The number of carbonyl (C=O) groups is 3. The van der Waals surface area contributed by atoms with Crippen molar-refractivity contribution in [1.29, 1.82) is 0 Å². The molecule has 6 heterocycles. The molecule has 5 aromatic rings. The molecule has 2 fully saturated rings. The number of halogens is 2. The molecule has 3 amide bonds. The molecule has 2 atom stereocenters. The SMILES string of the molecule is Cc1cc2cc(n1)-c1cnn(C)c1OCCC[C@@H](C)Cn1c(nc3ccc(N4CCN(CCc5cc(F)c([C@H]6CCC(=O)NC6=O)c(F)c5)CC4)cc31)NC2=O. The largest absolute Gasteiger partial charge is 0.477 e. The van der Waals surface area contributed by atoms with Crippen LogP contribution in [0.5, 0.6) is 5.88 Å². The van der Waals surface area contributed by atoms with Crippen LogP contribution in [0.15, 0.2) is 48.7 Å². The molecule has 2 aromatic carbocycles. The number of benzene rings is 2. The molecule has 8 rings (SSSR count).